The minimum Gasteiger partial charge on any atom is -0.396 e. The predicted molar refractivity (Wildman–Crippen MR) is 76.4 cm³/mol. The van der Waals surface area contributed by atoms with E-state index in [2.05, 4.69) is 18.7 Å². The van der Waals surface area contributed by atoms with E-state index >= 15 is 0 Å². The standard InChI is InChI=1S/C15H25FN2O/c1-12(2)18(9-3-11-19)10-8-15(17)13-4-6-14(16)7-5-13/h4-7,12,15,19H,3,8-11,17H2,1-2H3. The first-order valence-corrected chi connectivity index (χ1v) is 6.90. The first-order valence-electron chi connectivity index (χ1n) is 6.90. The van der Waals surface area contributed by atoms with Crippen LogP contribution in [-0.4, -0.2) is 35.7 Å². The van der Waals surface area contributed by atoms with Crippen LogP contribution in [0.4, 0.5) is 4.39 Å². The molecule has 1 aromatic carbocycles. The van der Waals surface area contributed by atoms with Crippen molar-refractivity contribution in [3.05, 3.63) is 35.6 Å². The van der Waals surface area contributed by atoms with Gasteiger partial charge < -0.3 is 15.7 Å². The van der Waals surface area contributed by atoms with Gasteiger partial charge in [0.2, 0.25) is 0 Å². The second-order valence-electron chi connectivity index (χ2n) is 5.15. The van der Waals surface area contributed by atoms with Crippen molar-refractivity contribution in [2.45, 2.75) is 38.8 Å². The molecule has 0 heterocycles. The fourth-order valence-electron chi connectivity index (χ4n) is 2.08. The van der Waals surface area contributed by atoms with Crippen molar-refractivity contribution in [1.29, 1.82) is 0 Å². The minimum absolute atomic E-state index is 0.0732. The van der Waals surface area contributed by atoms with E-state index in [1.807, 2.05) is 0 Å². The van der Waals surface area contributed by atoms with Crippen LogP contribution >= 0.6 is 0 Å². The molecular weight excluding hydrogens is 243 g/mol. The number of hydrogen-bond donors (Lipinski definition) is 2. The molecule has 108 valence electrons. The number of aliphatic hydroxyl groups is 1. The van der Waals surface area contributed by atoms with E-state index in [1.54, 1.807) is 12.1 Å². The molecular formula is C15H25FN2O. The summed E-state index contributed by atoms with van der Waals surface area (Å²) in [6.07, 6.45) is 1.61. The van der Waals surface area contributed by atoms with Gasteiger partial charge in [-0.1, -0.05) is 12.1 Å². The molecule has 0 fully saturated rings. The Morgan fingerprint density at radius 1 is 1.21 bits per heavy atom. The molecule has 1 aromatic rings. The number of rotatable bonds is 8. The maximum absolute atomic E-state index is 12.8. The van der Waals surface area contributed by atoms with Gasteiger partial charge >= 0.3 is 0 Å². The lowest BCUT2D eigenvalue weighted by atomic mass is 10.0. The SMILES string of the molecule is CC(C)N(CCCO)CCC(N)c1ccc(F)cc1. The summed E-state index contributed by atoms with van der Waals surface area (Å²) in [5.41, 5.74) is 7.09. The minimum atomic E-state index is -0.234. The summed E-state index contributed by atoms with van der Waals surface area (Å²) in [6, 6.07) is 6.74. The fourth-order valence-corrected chi connectivity index (χ4v) is 2.08. The molecule has 0 aromatic heterocycles. The van der Waals surface area contributed by atoms with Gasteiger partial charge in [0.1, 0.15) is 5.82 Å². The van der Waals surface area contributed by atoms with Gasteiger partial charge in [0.25, 0.3) is 0 Å². The van der Waals surface area contributed by atoms with Crippen molar-refractivity contribution in [1.82, 2.24) is 4.90 Å². The number of halogens is 1. The molecule has 0 spiro atoms. The number of benzene rings is 1. The van der Waals surface area contributed by atoms with Crippen LogP contribution < -0.4 is 5.73 Å². The average Bonchev–Trinajstić information content (AvgIpc) is 2.39. The summed E-state index contributed by atoms with van der Waals surface area (Å²) < 4.78 is 12.8. The van der Waals surface area contributed by atoms with Crippen LogP contribution in [0.2, 0.25) is 0 Å². The van der Waals surface area contributed by atoms with Gasteiger partial charge in [0.15, 0.2) is 0 Å². The topological polar surface area (TPSA) is 49.5 Å². The molecule has 19 heavy (non-hydrogen) atoms. The number of aliphatic hydroxyl groups excluding tert-OH is 1. The molecule has 0 aliphatic heterocycles. The summed E-state index contributed by atoms with van der Waals surface area (Å²) in [5, 5.41) is 8.89. The first-order chi connectivity index (χ1) is 9.04. The Hall–Kier alpha value is -0.970. The fraction of sp³-hybridized carbons (Fsp3) is 0.600. The largest absolute Gasteiger partial charge is 0.396 e. The Bertz CT molecular complexity index is 354. The van der Waals surface area contributed by atoms with Gasteiger partial charge in [-0.15, -0.1) is 0 Å². The zero-order valence-corrected chi connectivity index (χ0v) is 11.8. The van der Waals surface area contributed by atoms with Crippen LogP contribution in [0.15, 0.2) is 24.3 Å². The summed E-state index contributed by atoms with van der Waals surface area (Å²) in [4.78, 5) is 2.31. The highest BCUT2D eigenvalue weighted by Gasteiger charge is 2.12. The van der Waals surface area contributed by atoms with Crippen LogP contribution in [0.3, 0.4) is 0 Å². The van der Waals surface area contributed by atoms with Gasteiger partial charge in [0, 0.05) is 31.8 Å². The van der Waals surface area contributed by atoms with E-state index in [4.69, 9.17) is 10.8 Å². The van der Waals surface area contributed by atoms with Crippen molar-refractivity contribution in [3.63, 3.8) is 0 Å². The molecule has 1 unspecified atom stereocenters. The average molecular weight is 268 g/mol. The van der Waals surface area contributed by atoms with Crippen molar-refractivity contribution in [2.24, 2.45) is 5.73 Å². The smallest absolute Gasteiger partial charge is 0.123 e. The molecule has 3 nitrogen and oxygen atoms in total. The van der Waals surface area contributed by atoms with Gasteiger partial charge in [-0.3, -0.25) is 0 Å². The Morgan fingerprint density at radius 2 is 1.84 bits per heavy atom. The highest BCUT2D eigenvalue weighted by molar-refractivity contribution is 5.19. The van der Waals surface area contributed by atoms with Gasteiger partial charge in [0.05, 0.1) is 0 Å². The van der Waals surface area contributed by atoms with Gasteiger partial charge in [-0.05, 0) is 44.4 Å². The summed E-state index contributed by atoms with van der Waals surface area (Å²) in [7, 11) is 0. The first kappa shape index (κ1) is 16.1. The Morgan fingerprint density at radius 3 is 2.37 bits per heavy atom. The van der Waals surface area contributed by atoms with Crippen molar-refractivity contribution in [3.8, 4) is 0 Å². The third-order valence-electron chi connectivity index (χ3n) is 3.36. The van der Waals surface area contributed by atoms with Crippen molar-refractivity contribution >= 4 is 0 Å². The lowest BCUT2D eigenvalue weighted by Crippen LogP contribution is -2.34. The molecule has 1 rings (SSSR count). The Labute approximate surface area is 115 Å². The molecule has 3 N–H and O–H groups in total. The summed E-state index contributed by atoms with van der Waals surface area (Å²) in [5.74, 6) is -0.234. The van der Waals surface area contributed by atoms with E-state index < -0.39 is 0 Å². The van der Waals surface area contributed by atoms with E-state index in [1.165, 1.54) is 12.1 Å². The number of nitrogens with zero attached hydrogens (tertiary/aromatic N) is 1. The third-order valence-corrected chi connectivity index (χ3v) is 3.36. The van der Waals surface area contributed by atoms with E-state index in [0.29, 0.717) is 6.04 Å². The zero-order chi connectivity index (χ0) is 14.3. The van der Waals surface area contributed by atoms with Crippen LogP contribution in [0, 0.1) is 5.82 Å². The molecule has 1 atom stereocenters. The van der Waals surface area contributed by atoms with E-state index in [0.717, 1.165) is 31.5 Å². The molecule has 0 saturated heterocycles. The highest BCUT2D eigenvalue weighted by atomic mass is 19.1. The van der Waals surface area contributed by atoms with Crippen LogP contribution in [0.5, 0.6) is 0 Å². The van der Waals surface area contributed by atoms with Crippen molar-refractivity contribution < 1.29 is 9.50 Å². The second-order valence-corrected chi connectivity index (χ2v) is 5.15. The van der Waals surface area contributed by atoms with Gasteiger partial charge in [-0.25, -0.2) is 4.39 Å². The Balaban J connectivity index is 2.46. The lowest BCUT2D eigenvalue weighted by molar-refractivity contribution is 0.186. The van der Waals surface area contributed by atoms with Crippen LogP contribution in [0.1, 0.15) is 38.3 Å². The Kier molecular flexibility index (Phi) is 6.99. The molecule has 0 amide bonds. The van der Waals surface area contributed by atoms with Crippen molar-refractivity contribution in [2.75, 3.05) is 19.7 Å². The molecule has 4 heteroatoms. The molecule has 0 bridgehead atoms. The number of nitrogens with two attached hydrogens (primary N) is 1. The molecule has 0 aliphatic rings. The molecule has 0 aliphatic carbocycles. The quantitative estimate of drug-likeness (QED) is 0.760. The summed E-state index contributed by atoms with van der Waals surface area (Å²) >= 11 is 0. The third kappa shape index (κ3) is 5.68. The normalized spacial score (nSPS) is 13.2. The monoisotopic (exact) mass is 268 g/mol. The zero-order valence-electron chi connectivity index (χ0n) is 11.8. The second kappa shape index (κ2) is 8.25. The maximum Gasteiger partial charge on any atom is 0.123 e. The van der Waals surface area contributed by atoms with E-state index in [-0.39, 0.29) is 18.5 Å². The maximum atomic E-state index is 12.8. The highest BCUT2D eigenvalue weighted by Crippen LogP contribution is 2.15. The van der Waals surface area contributed by atoms with Gasteiger partial charge in [-0.2, -0.15) is 0 Å². The van der Waals surface area contributed by atoms with Crippen LogP contribution in [-0.2, 0) is 0 Å². The number of hydrogen-bond acceptors (Lipinski definition) is 3. The molecule has 0 radical (unpaired) electrons. The van der Waals surface area contributed by atoms with Crippen LogP contribution in [0.25, 0.3) is 0 Å². The summed E-state index contributed by atoms with van der Waals surface area (Å²) in [6.45, 7) is 6.26. The lowest BCUT2D eigenvalue weighted by Gasteiger charge is -2.27. The molecule has 0 saturated carbocycles. The predicted octanol–water partition coefficient (Wildman–Crippen LogP) is 2.31. The van der Waals surface area contributed by atoms with E-state index in [9.17, 15) is 4.39 Å².